The molecule has 1 aromatic carbocycles. The first-order valence-electron chi connectivity index (χ1n) is 6.51. The van der Waals surface area contributed by atoms with Crippen LogP contribution in [0.15, 0.2) is 42.7 Å². The maximum Gasteiger partial charge on any atom is 0.323 e. The SMILES string of the molecule is COC(=O)[C@H](Cc1ncc[nH]1)N(C)Cc1ccccc1. The van der Waals surface area contributed by atoms with Gasteiger partial charge >= 0.3 is 5.97 Å². The average Bonchev–Trinajstić information content (AvgIpc) is 2.98. The van der Waals surface area contributed by atoms with Gasteiger partial charge in [-0.05, 0) is 12.6 Å². The lowest BCUT2D eigenvalue weighted by atomic mass is 10.1. The van der Waals surface area contributed by atoms with Crippen molar-refractivity contribution in [3.8, 4) is 0 Å². The van der Waals surface area contributed by atoms with Crippen LogP contribution in [0, 0.1) is 0 Å². The van der Waals surface area contributed by atoms with E-state index in [-0.39, 0.29) is 12.0 Å². The molecule has 5 nitrogen and oxygen atoms in total. The quantitative estimate of drug-likeness (QED) is 0.813. The summed E-state index contributed by atoms with van der Waals surface area (Å²) in [6, 6.07) is 9.68. The number of methoxy groups -OCH3 is 1. The van der Waals surface area contributed by atoms with Gasteiger partial charge in [-0.1, -0.05) is 30.3 Å². The van der Waals surface area contributed by atoms with Crippen molar-refractivity contribution in [3.63, 3.8) is 0 Å². The van der Waals surface area contributed by atoms with Gasteiger partial charge in [0, 0.05) is 25.4 Å². The van der Waals surface area contributed by atoms with E-state index in [0.717, 1.165) is 11.4 Å². The van der Waals surface area contributed by atoms with Crippen LogP contribution in [-0.4, -0.2) is 41.0 Å². The summed E-state index contributed by atoms with van der Waals surface area (Å²) in [5.41, 5.74) is 1.16. The molecule has 1 atom stereocenters. The number of rotatable bonds is 6. The summed E-state index contributed by atoms with van der Waals surface area (Å²) in [5, 5.41) is 0. The third-order valence-electron chi connectivity index (χ3n) is 3.22. The zero-order valence-electron chi connectivity index (χ0n) is 11.7. The number of aromatic nitrogens is 2. The van der Waals surface area contributed by atoms with Crippen LogP contribution in [0.3, 0.4) is 0 Å². The Morgan fingerprint density at radius 3 is 2.75 bits per heavy atom. The minimum absolute atomic E-state index is 0.250. The maximum atomic E-state index is 12.0. The van der Waals surface area contributed by atoms with Crippen LogP contribution in [-0.2, 0) is 22.5 Å². The highest BCUT2D eigenvalue weighted by atomic mass is 16.5. The van der Waals surface area contributed by atoms with E-state index in [1.54, 1.807) is 12.4 Å². The zero-order valence-corrected chi connectivity index (χ0v) is 11.7. The fourth-order valence-corrected chi connectivity index (χ4v) is 2.13. The second-order valence-corrected chi connectivity index (χ2v) is 4.68. The van der Waals surface area contributed by atoms with Crippen LogP contribution < -0.4 is 0 Å². The van der Waals surface area contributed by atoms with Crippen LogP contribution in [0.5, 0.6) is 0 Å². The van der Waals surface area contributed by atoms with Crippen molar-refractivity contribution in [3.05, 3.63) is 54.1 Å². The first kappa shape index (κ1) is 14.3. The van der Waals surface area contributed by atoms with Crippen molar-refractivity contribution >= 4 is 5.97 Å². The molecule has 1 N–H and O–H groups in total. The largest absolute Gasteiger partial charge is 0.468 e. The summed E-state index contributed by atoms with van der Waals surface area (Å²) in [5.74, 6) is 0.528. The molecule has 0 saturated heterocycles. The van der Waals surface area contributed by atoms with Crippen LogP contribution in [0.4, 0.5) is 0 Å². The number of esters is 1. The highest BCUT2D eigenvalue weighted by molar-refractivity contribution is 5.75. The molecule has 5 heteroatoms. The third kappa shape index (κ3) is 3.68. The number of hydrogen-bond donors (Lipinski definition) is 1. The number of imidazole rings is 1. The third-order valence-corrected chi connectivity index (χ3v) is 3.22. The fourth-order valence-electron chi connectivity index (χ4n) is 2.13. The Hall–Kier alpha value is -2.14. The smallest absolute Gasteiger partial charge is 0.323 e. The van der Waals surface area contributed by atoms with Crippen LogP contribution in [0.2, 0.25) is 0 Å². The standard InChI is InChI=1S/C15H19N3O2/c1-18(11-12-6-4-3-5-7-12)13(15(19)20-2)10-14-16-8-9-17-14/h3-9,13H,10-11H2,1-2H3,(H,16,17)/t13-/m0/s1. The van der Waals surface area contributed by atoms with Crippen molar-refractivity contribution in [1.29, 1.82) is 0 Å². The average molecular weight is 273 g/mol. The van der Waals surface area contributed by atoms with Gasteiger partial charge in [-0.3, -0.25) is 9.69 Å². The van der Waals surface area contributed by atoms with Gasteiger partial charge in [-0.25, -0.2) is 4.98 Å². The lowest BCUT2D eigenvalue weighted by Crippen LogP contribution is -2.40. The Morgan fingerprint density at radius 2 is 2.15 bits per heavy atom. The van der Waals surface area contributed by atoms with Crippen molar-refractivity contribution in [1.82, 2.24) is 14.9 Å². The van der Waals surface area contributed by atoms with E-state index in [9.17, 15) is 4.79 Å². The number of nitrogens with one attached hydrogen (secondary N) is 1. The van der Waals surface area contributed by atoms with Gasteiger partial charge in [0.1, 0.15) is 11.9 Å². The number of hydrogen-bond acceptors (Lipinski definition) is 4. The molecule has 0 amide bonds. The van der Waals surface area contributed by atoms with E-state index in [2.05, 4.69) is 9.97 Å². The van der Waals surface area contributed by atoms with Gasteiger partial charge in [0.15, 0.2) is 0 Å². The number of H-pyrrole nitrogens is 1. The van der Waals surface area contributed by atoms with Crippen LogP contribution in [0.1, 0.15) is 11.4 Å². The Bertz CT molecular complexity index is 525. The van der Waals surface area contributed by atoms with Crippen LogP contribution in [0.25, 0.3) is 0 Å². The van der Waals surface area contributed by atoms with E-state index in [1.165, 1.54) is 7.11 Å². The molecule has 2 rings (SSSR count). The second-order valence-electron chi connectivity index (χ2n) is 4.68. The minimum atomic E-state index is -0.355. The van der Waals surface area contributed by atoms with E-state index >= 15 is 0 Å². The number of aromatic amines is 1. The monoisotopic (exact) mass is 273 g/mol. The summed E-state index contributed by atoms with van der Waals surface area (Å²) >= 11 is 0. The summed E-state index contributed by atoms with van der Waals surface area (Å²) < 4.78 is 4.90. The molecule has 0 aliphatic heterocycles. The lowest BCUT2D eigenvalue weighted by molar-refractivity contribution is -0.146. The predicted molar refractivity (Wildman–Crippen MR) is 76.0 cm³/mol. The van der Waals surface area contributed by atoms with Gasteiger partial charge in [0.25, 0.3) is 0 Å². The summed E-state index contributed by atoms with van der Waals surface area (Å²) in [6.07, 6.45) is 3.94. The topological polar surface area (TPSA) is 58.2 Å². The number of likely N-dealkylation sites (N-methyl/N-ethyl adjacent to an activating group) is 1. The van der Waals surface area contributed by atoms with Crippen molar-refractivity contribution in [2.75, 3.05) is 14.2 Å². The molecule has 2 aromatic rings. The number of carbonyl (C=O) groups excluding carboxylic acids is 1. The Balaban J connectivity index is 2.07. The highest BCUT2D eigenvalue weighted by Gasteiger charge is 2.25. The molecular weight excluding hydrogens is 254 g/mol. The molecule has 0 fully saturated rings. The van der Waals surface area contributed by atoms with Crippen molar-refractivity contribution in [2.24, 2.45) is 0 Å². The van der Waals surface area contributed by atoms with Crippen molar-refractivity contribution in [2.45, 2.75) is 19.0 Å². The number of nitrogens with zero attached hydrogens (tertiary/aromatic N) is 2. The van der Waals surface area contributed by atoms with Gasteiger partial charge in [0.2, 0.25) is 0 Å². The van der Waals surface area contributed by atoms with Gasteiger partial charge in [0.05, 0.1) is 7.11 Å². The molecule has 0 bridgehead atoms. The molecular formula is C15H19N3O2. The molecule has 0 spiro atoms. The fraction of sp³-hybridized carbons (Fsp3) is 0.333. The van der Waals surface area contributed by atoms with Gasteiger partial charge in [-0.15, -0.1) is 0 Å². The summed E-state index contributed by atoms with van der Waals surface area (Å²) in [6.45, 7) is 0.682. The molecule has 1 heterocycles. The Kier molecular flexibility index (Phi) is 4.90. The van der Waals surface area contributed by atoms with Crippen LogP contribution >= 0.6 is 0 Å². The summed E-state index contributed by atoms with van der Waals surface area (Å²) in [7, 11) is 3.32. The number of carbonyl (C=O) groups is 1. The maximum absolute atomic E-state index is 12.0. The number of benzene rings is 1. The minimum Gasteiger partial charge on any atom is -0.468 e. The molecule has 0 radical (unpaired) electrons. The molecule has 20 heavy (non-hydrogen) atoms. The molecule has 106 valence electrons. The zero-order chi connectivity index (χ0) is 14.4. The van der Waals surface area contributed by atoms with E-state index < -0.39 is 0 Å². The van der Waals surface area contributed by atoms with Gasteiger partial charge < -0.3 is 9.72 Å². The van der Waals surface area contributed by atoms with Gasteiger partial charge in [-0.2, -0.15) is 0 Å². The first-order valence-corrected chi connectivity index (χ1v) is 6.51. The predicted octanol–water partition coefficient (Wildman–Crippen LogP) is 1.63. The van der Waals surface area contributed by atoms with Crippen molar-refractivity contribution < 1.29 is 9.53 Å². The molecule has 0 aliphatic carbocycles. The van der Waals surface area contributed by atoms with E-state index in [1.807, 2.05) is 42.3 Å². The summed E-state index contributed by atoms with van der Waals surface area (Å²) in [4.78, 5) is 21.1. The second kappa shape index (κ2) is 6.86. The highest BCUT2D eigenvalue weighted by Crippen LogP contribution is 2.10. The number of ether oxygens (including phenoxy) is 1. The molecule has 0 aliphatic rings. The first-order chi connectivity index (χ1) is 9.70. The lowest BCUT2D eigenvalue weighted by Gasteiger charge is -2.25. The Labute approximate surface area is 118 Å². The Morgan fingerprint density at radius 1 is 1.40 bits per heavy atom. The van der Waals surface area contributed by atoms with E-state index in [4.69, 9.17) is 4.74 Å². The van der Waals surface area contributed by atoms with E-state index in [0.29, 0.717) is 13.0 Å². The molecule has 0 unspecified atom stereocenters. The molecule has 1 aromatic heterocycles. The molecule has 0 saturated carbocycles. The normalized spacial score (nSPS) is 12.3.